The molecule has 49 heavy (non-hydrogen) atoms. The maximum absolute atomic E-state index is 10.2. The van der Waals surface area contributed by atoms with E-state index in [0.29, 0.717) is 11.1 Å². The highest BCUT2D eigenvalue weighted by Gasteiger charge is 2.25. The predicted octanol–water partition coefficient (Wildman–Crippen LogP) is 12.1. The molecule has 0 unspecified atom stereocenters. The minimum Gasteiger partial charge on any atom is -0.308 e. The first-order chi connectivity index (χ1) is 23.5. The van der Waals surface area contributed by atoms with Crippen LogP contribution in [0.25, 0.3) is 60.9 Å². The molecule has 0 aliphatic heterocycles. The molecule has 0 atom stereocenters. The van der Waals surface area contributed by atoms with Gasteiger partial charge in [0.1, 0.15) is 0 Å². The topological polar surface area (TPSA) is 52.5 Å². The number of hydrogen-bond acceptors (Lipinski definition) is 2. The highest BCUT2D eigenvalue weighted by atomic mass is 15.0. The average Bonchev–Trinajstić information content (AvgIpc) is 3.43. The second kappa shape index (κ2) is 12.0. The molecular formula is C46H39N3. The fraction of sp³-hybridized carbons (Fsp3) is 0.174. The van der Waals surface area contributed by atoms with Crippen LogP contribution >= 0.6 is 0 Å². The predicted molar refractivity (Wildman–Crippen MR) is 204 cm³/mol. The molecule has 0 aliphatic rings. The summed E-state index contributed by atoms with van der Waals surface area (Å²) in [4.78, 5) is 0. The molecule has 1 aromatic heterocycles. The maximum atomic E-state index is 10.2. The van der Waals surface area contributed by atoms with E-state index in [1.54, 1.807) is 12.1 Å². The van der Waals surface area contributed by atoms with Gasteiger partial charge in [-0.05, 0) is 93.2 Å². The Morgan fingerprint density at radius 2 is 0.959 bits per heavy atom. The van der Waals surface area contributed by atoms with E-state index >= 15 is 0 Å². The van der Waals surface area contributed by atoms with Crippen molar-refractivity contribution in [2.45, 2.75) is 52.4 Å². The fourth-order valence-corrected chi connectivity index (χ4v) is 6.85. The largest absolute Gasteiger partial charge is 0.308 e. The van der Waals surface area contributed by atoms with Gasteiger partial charge in [-0.15, -0.1) is 0 Å². The van der Waals surface area contributed by atoms with E-state index in [-0.39, 0.29) is 10.8 Å². The summed E-state index contributed by atoms with van der Waals surface area (Å²) >= 11 is 0. The first-order valence-electron chi connectivity index (χ1n) is 16.8. The minimum absolute atomic E-state index is 0.00723. The van der Waals surface area contributed by atoms with Crippen molar-refractivity contribution >= 4 is 21.8 Å². The van der Waals surface area contributed by atoms with Crippen LogP contribution in [-0.2, 0) is 10.8 Å². The summed E-state index contributed by atoms with van der Waals surface area (Å²) in [5.41, 5.74) is 12.8. The van der Waals surface area contributed by atoms with E-state index in [9.17, 15) is 10.5 Å². The molecule has 0 radical (unpaired) electrons. The summed E-state index contributed by atoms with van der Waals surface area (Å²) in [5.74, 6) is 0. The van der Waals surface area contributed by atoms with E-state index in [0.717, 1.165) is 50.1 Å². The van der Waals surface area contributed by atoms with Crippen molar-refractivity contribution in [3.63, 3.8) is 0 Å². The number of benzene rings is 6. The summed E-state index contributed by atoms with van der Waals surface area (Å²) < 4.78 is 2.44. The minimum atomic E-state index is -0.00723. The Morgan fingerprint density at radius 3 is 1.39 bits per heavy atom. The monoisotopic (exact) mass is 633 g/mol. The summed E-state index contributed by atoms with van der Waals surface area (Å²) in [7, 11) is 0. The molecule has 7 aromatic rings. The van der Waals surface area contributed by atoms with Crippen molar-refractivity contribution in [1.82, 2.24) is 4.57 Å². The molecule has 238 valence electrons. The Labute approximate surface area is 289 Å². The summed E-state index contributed by atoms with van der Waals surface area (Å²) in [6, 6.07) is 49.2. The zero-order valence-corrected chi connectivity index (χ0v) is 29.0. The number of aromatic nitrogens is 1. The lowest BCUT2D eigenvalue weighted by Gasteiger charge is -2.22. The number of rotatable bonds is 4. The van der Waals surface area contributed by atoms with Gasteiger partial charge in [0.15, 0.2) is 0 Å². The zero-order valence-electron chi connectivity index (χ0n) is 29.0. The van der Waals surface area contributed by atoms with Gasteiger partial charge in [0, 0.05) is 27.5 Å². The SMILES string of the molecule is CC(C)(C)c1ccc2c(c1)c1cc(C(C)(C)C)ccc1n2-c1c(-c2ccccc2)cc(-c2cc(C#N)ccc2C#N)cc1-c1ccccc1. The van der Waals surface area contributed by atoms with E-state index < -0.39 is 0 Å². The third kappa shape index (κ3) is 5.69. The van der Waals surface area contributed by atoms with E-state index in [2.05, 4.69) is 155 Å². The molecule has 1 heterocycles. The van der Waals surface area contributed by atoms with Crippen LogP contribution in [0.3, 0.4) is 0 Å². The van der Waals surface area contributed by atoms with Crippen LogP contribution in [0, 0.1) is 22.7 Å². The lowest BCUT2D eigenvalue weighted by atomic mass is 9.85. The van der Waals surface area contributed by atoms with Crippen LogP contribution in [0.1, 0.15) is 63.8 Å². The zero-order chi connectivity index (χ0) is 34.5. The van der Waals surface area contributed by atoms with Crippen molar-refractivity contribution in [2.75, 3.05) is 0 Å². The number of fused-ring (bicyclic) bond motifs is 3. The van der Waals surface area contributed by atoms with Crippen LogP contribution in [0.5, 0.6) is 0 Å². The van der Waals surface area contributed by atoms with Gasteiger partial charge < -0.3 is 4.57 Å². The third-order valence-electron chi connectivity index (χ3n) is 9.58. The van der Waals surface area contributed by atoms with Crippen LogP contribution in [-0.4, -0.2) is 4.57 Å². The smallest absolute Gasteiger partial charge is 0.0998 e. The highest BCUT2D eigenvalue weighted by molar-refractivity contribution is 6.11. The molecule has 0 spiro atoms. The number of hydrogen-bond donors (Lipinski definition) is 0. The van der Waals surface area contributed by atoms with Gasteiger partial charge >= 0.3 is 0 Å². The third-order valence-corrected chi connectivity index (χ3v) is 9.58. The fourth-order valence-electron chi connectivity index (χ4n) is 6.85. The molecule has 7 rings (SSSR count). The standard InChI is InChI=1S/C46H39N3/c1-45(2,3)35-19-21-42-40(26-35)41-27-36(46(4,5)6)20-22-43(41)49(42)44-38(31-13-9-7-10-14-31)24-34(25-39(44)32-15-11-8-12-16-32)37-23-30(28-47)17-18-33(37)29-48/h7-27H,1-6H3. The van der Waals surface area contributed by atoms with Crippen molar-refractivity contribution in [2.24, 2.45) is 0 Å². The average molecular weight is 634 g/mol. The van der Waals surface area contributed by atoms with Crippen LogP contribution in [0.2, 0.25) is 0 Å². The Kier molecular flexibility index (Phi) is 7.74. The van der Waals surface area contributed by atoms with Crippen LogP contribution in [0.4, 0.5) is 0 Å². The summed E-state index contributed by atoms with van der Waals surface area (Å²) in [6.45, 7) is 13.6. The Hall–Kier alpha value is -5.90. The molecule has 0 N–H and O–H groups in total. The normalized spacial score (nSPS) is 11.8. The second-order valence-electron chi connectivity index (χ2n) is 14.9. The van der Waals surface area contributed by atoms with Gasteiger partial charge in [0.05, 0.1) is 40.0 Å². The second-order valence-corrected chi connectivity index (χ2v) is 14.9. The number of nitriles is 2. The molecule has 6 aromatic carbocycles. The van der Waals surface area contributed by atoms with Crippen molar-refractivity contribution in [3.8, 4) is 51.2 Å². The molecular weight excluding hydrogens is 595 g/mol. The first kappa shape index (κ1) is 31.7. The lowest BCUT2D eigenvalue weighted by molar-refractivity contribution is 0.590. The lowest BCUT2D eigenvalue weighted by Crippen LogP contribution is -2.10. The van der Waals surface area contributed by atoms with E-state index in [1.807, 2.05) is 18.2 Å². The van der Waals surface area contributed by atoms with Gasteiger partial charge in [0.2, 0.25) is 0 Å². The molecule has 0 bridgehead atoms. The van der Waals surface area contributed by atoms with Gasteiger partial charge in [-0.1, -0.05) is 114 Å². The van der Waals surface area contributed by atoms with Gasteiger partial charge in [-0.3, -0.25) is 0 Å². The molecule has 0 aliphatic carbocycles. The molecule has 3 heteroatoms. The molecule has 3 nitrogen and oxygen atoms in total. The van der Waals surface area contributed by atoms with Gasteiger partial charge in [-0.2, -0.15) is 10.5 Å². The molecule has 0 fully saturated rings. The van der Waals surface area contributed by atoms with Gasteiger partial charge in [-0.25, -0.2) is 0 Å². The molecule has 0 saturated carbocycles. The van der Waals surface area contributed by atoms with Crippen molar-refractivity contribution < 1.29 is 0 Å². The Bertz CT molecular complexity index is 2320. The maximum Gasteiger partial charge on any atom is 0.0998 e. The van der Waals surface area contributed by atoms with E-state index in [4.69, 9.17) is 0 Å². The first-order valence-corrected chi connectivity index (χ1v) is 16.8. The molecule has 0 amide bonds. The number of nitrogens with zero attached hydrogens (tertiary/aromatic N) is 3. The molecule has 0 saturated heterocycles. The van der Waals surface area contributed by atoms with E-state index in [1.165, 1.54) is 21.9 Å². The van der Waals surface area contributed by atoms with Crippen LogP contribution < -0.4 is 0 Å². The Morgan fingerprint density at radius 1 is 0.469 bits per heavy atom. The summed E-state index contributed by atoms with van der Waals surface area (Å²) in [5, 5.41) is 22.4. The Balaban J connectivity index is 1.68. The summed E-state index contributed by atoms with van der Waals surface area (Å²) in [6.07, 6.45) is 0. The van der Waals surface area contributed by atoms with Gasteiger partial charge in [0.25, 0.3) is 0 Å². The van der Waals surface area contributed by atoms with Crippen molar-refractivity contribution in [3.05, 3.63) is 150 Å². The quantitative estimate of drug-likeness (QED) is 0.194. The van der Waals surface area contributed by atoms with Crippen LogP contribution in [0.15, 0.2) is 127 Å². The van der Waals surface area contributed by atoms with Crippen molar-refractivity contribution in [1.29, 1.82) is 10.5 Å². The highest BCUT2D eigenvalue weighted by Crippen LogP contribution is 2.45.